The van der Waals surface area contributed by atoms with E-state index in [1.807, 2.05) is 0 Å². The summed E-state index contributed by atoms with van der Waals surface area (Å²) in [6.07, 6.45) is 5.00. The van der Waals surface area contributed by atoms with E-state index in [2.05, 4.69) is 26.0 Å². The summed E-state index contributed by atoms with van der Waals surface area (Å²) < 4.78 is 22.5. The highest BCUT2D eigenvalue weighted by Gasteiger charge is 2.20. The Morgan fingerprint density at radius 3 is 2.50 bits per heavy atom. The molecule has 1 aliphatic rings. The largest absolute Gasteiger partial charge is 0.454 e. The molecule has 0 spiro atoms. The molecular formula is C19H30O5. The van der Waals surface area contributed by atoms with Crippen molar-refractivity contribution >= 4 is 0 Å². The first-order valence-electron chi connectivity index (χ1n) is 9.00. The van der Waals surface area contributed by atoms with Gasteiger partial charge in [0.1, 0.15) is 0 Å². The summed E-state index contributed by atoms with van der Waals surface area (Å²) in [5.41, 5.74) is 2.52. The number of aryl methyl sites for hydroxylation is 1. The monoisotopic (exact) mass is 338 g/mol. The molecule has 0 aromatic heterocycles. The maximum Gasteiger partial charge on any atom is 0.231 e. The lowest BCUT2D eigenvalue weighted by Crippen LogP contribution is -2.24. The Balaban J connectivity index is 2.07. The van der Waals surface area contributed by atoms with E-state index in [0.717, 1.165) is 50.2 Å². The van der Waals surface area contributed by atoms with Gasteiger partial charge in [-0.3, -0.25) is 0 Å². The van der Waals surface area contributed by atoms with Crippen molar-refractivity contribution in [2.45, 2.75) is 52.1 Å². The van der Waals surface area contributed by atoms with E-state index in [1.165, 1.54) is 11.1 Å². The molecule has 5 nitrogen and oxygen atoms in total. The van der Waals surface area contributed by atoms with E-state index in [9.17, 15) is 0 Å². The minimum Gasteiger partial charge on any atom is -0.454 e. The average molecular weight is 338 g/mol. The van der Waals surface area contributed by atoms with Crippen LogP contribution in [0.1, 0.15) is 44.2 Å². The highest BCUT2D eigenvalue weighted by Crippen LogP contribution is 2.35. The average Bonchev–Trinajstić information content (AvgIpc) is 3.02. The van der Waals surface area contributed by atoms with Gasteiger partial charge in [0.25, 0.3) is 0 Å². The normalized spacial score (nSPS) is 14.1. The molecule has 0 aliphatic carbocycles. The molecule has 1 aliphatic heterocycles. The number of hydrogen-bond acceptors (Lipinski definition) is 5. The van der Waals surface area contributed by atoms with E-state index in [4.69, 9.17) is 24.1 Å². The minimum atomic E-state index is -0.0147. The Bertz CT molecular complexity index is 479. The van der Waals surface area contributed by atoms with Crippen molar-refractivity contribution in [1.29, 1.82) is 0 Å². The van der Waals surface area contributed by atoms with Crippen molar-refractivity contribution in [3.8, 4) is 11.5 Å². The highest BCUT2D eigenvalue weighted by atomic mass is 16.7. The number of benzene rings is 1. The van der Waals surface area contributed by atoms with Gasteiger partial charge in [0.2, 0.25) is 6.79 Å². The van der Waals surface area contributed by atoms with E-state index in [-0.39, 0.29) is 12.7 Å². The lowest BCUT2D eigenvalue weighted by molar-refractivity contribution is -0.0240. The smallest absolute Gasteiger partial charge is 0.231 e. The zero-order valence-corrected chi connectivity index (χ0v) is 14.9. The number of ether oxygens (including phenoxy) is 4. The van der Waals surface area contributed by atoms with Crippen LogP contribution in [0.4, 0.5) is 0 Å². The van der Waals surface area contributed by atoms with Crippen LogP contribution in [0.3, 0.4) is 0 Å². The quantitative estimate of drug-likeness (QED) is 0.594. The molecule has 2 rings (SSSR count). The fraction of sp³-hybridized carbons (Fsp3) is 0.684. The molecule has 0 radical (unpaired) electrons. The van der Waals surface area contributed by atoms with Gasteiger partial charge in [0, 0.05) is 13.0 Å². The number of rotatable bonds is 12. The van der Waals surface area contributed by atoms with Crippen molar-refractivity contribution in [3.63, 3.8) is 0 Å². The lowest BCUT2D eigenvalue weighted by atomic mass is 9.97. The summed E-state index contributed by atoms with van der Waals surface area (Å²) >= 11 is 0. The number of unbranched alkanes of at least 4 members (excludes halogenated alkanes) is 1. The maximum absolute atomic E-state index is 8.91. The van der Waals surface area contributed by atoms with Crippen LogP contribution in [-0.2, 0) is 22.3 Å². The van der Waals surface area contributed by atoms with Crippen molar-refractivity contribution in [3.05, 3.63) is 23.3 Å². The van der Waals surface area contributed by atoms with Crippen molar-refractivity contribution in [2.75, 3.05) is 33.2 Å². The molecule has 0 fully saturated rings. The van der Waals surface area contributed by atoms with Crippen molar-refractivity contribution in [1.82, 2.24) is 0 Å². The molecule has 1 heterocycles. The summed E-state index contributed by atoms with van der Waals surface area (Å²) in [4.78, 5) is 0. The van der Waals surface area contributed by atoms with Gasteiger partial charge in [-0.15, -0.1) is 0 Å². The fourth-order valence-electron chi connectivity index (χ4n) is 2.80. The molecule has 0 saturated carbocycles. The van der Waals surface area contributed by atoms with Gasteiger partial charge >= 0.3 is 0 Å². The van der Waals surface area contributed by atoms with Crippen LogP contribution in [0.5, 0.6) is 11.5 Å². The molecule has 1 N–H and O–H groups in total. The topological polar surface area (TPSA) is 57.2 Å². The van der Waals surface area contributed by atoms with Crippen molar-refractivity contribution in [2.24, 2.45) is 0 Å². The van der Waals surface area contributed by atoms with Gasteiger partial charge in [-0.05, 0) is 36.1 Å². The lowest BCUT2D eigenvalue weighted by Gasteiger charge is -2.20. The molecule has 0 bridgehead atoms. The third-order valence-corrected chi connectivity index (χ3v) is 4.05. The van der Waals surface area contributed by atoms with Crippen LogP contribution in [-0.4, -0.2) is 44.4 Å². The summed E-state index contributed by atoms with van der Waals surface area (Å²) in [6.45, 7) is 6.22. The molecule has 0 saturated heterocycles. The van der Waals surface area contributed by atoms with Crippen LogP contribution in [0.2, 0.25) is 0 Å². The van der Waals surface area contributed by atoms with Gasteiger partial charge in [0.15, 0.2) is 11.5 Å². The number of hydrogen-bond donors (Lipinski definition) is 1. The third-order valence-electron chi connectivity index (χ3n) is 4.05. The number of aliphatic hydroxyl groups is 1. The van der Waals surface area contributed by atoms with Crippen molar-refractivity contribution < 1.29 is 24.1 Å². The second-order valence-electron chi connectivity index (χ2n) is 6.07. The van der Waals surface area contributed by atoms with Crippen LogP contribution in [0.15, 0.2) is 12.1 Å². The standard InChI is InChI=1S/C19H30O5/c1-3-5-8-22-17(13-21-9-7-20)10-16-12-19-18(23-14-24-19)11-15(16)6-4-2/h11-12,17,20H,3-10,13-14H2,1-2H3. The Hall–Kier alpha value is -1.30. The molecule has 24 heavy (non-hydrogen) atoms. The van der Waals surface area contributed by atoms with Gasteiger partial charge in [-0.1, -0.05) is 26.7 Å². The Morgan fingerprint density at radius 2 is 1.83 bits per heavy atom. The van der Waals surface area contributed by atoms with E-state index < -0.39 is 0 Å². The predicted octanol–water partition coefficient (Wildman–Crippen LogP) is 3.10. The third kappa shape index (κ3) is 5.65. The minimum absolute atomic E-state index is 0.0147. The molecule has 1 aromatic rings. The summed E-state index contributed by atoms with van der Waals surface area (Å²) in [6, 6.07) is 4.18. The maximum atomic E-state index is 8.91. The molecule has 0 amide bonds. The van der Waals surface area contributed by atoms with Crippen LogP contribution >= 0.6 is 0 Å². The van der Waals surface area contributed by atoms with E-state index in [1.54, 1.807) is 0 Å². The first-order valence-corrected chi connectivity index (χ1v) is 9.00. The Labute approximate surface area is 144 Å². The van der Waals surface area contributed by atoms with Crippen LogP contribution in [0, 0.1) is 0 Å². The van der Waals surface area contributed by atoms with E-state index in [0.29, 0.717) is 20.0 Å². The number of aliphatic hydroxyl groups excluding tert-OH is 1. The second kappa shape index (κ2) is 10.5. The number of fused-ring (bicyclic) bond motifs is 1. The molecule has 5 heteroatoms. The Kier molecular flexibility index (Phi) is 8.36. The molecule has 1 unspecified atom stereocenters. The predicted molar refractivity (Wildman–Crippen MR) is 92.8 cm³/mol. The summed E-state index contributed by atoms with van der Waals surface area (Å²) in [5.74, 6) is 1.65. The van der Waals surface area contributed by atoms with E-state index >= 15 is 0 Å². The Morgan fingerprint density at radius 1 is 1.08 bits per heavy atom. The zero-order chi connectivity index (χ0) is 17.2. The van der Waals surface area contributed by atoms with Gasteiger partial charge < -0.3 is 24.1 Å². The molecule has 136 valence electrons. The van der Waals surface area contributed by atoms with Gasteiger partial charge in [0.05, 0.1) is 25.9 Å². The zero-order valence-electron chi connectivity index (χ0n) is 14.9. The fourth-order valence-corrected chi connectivity index (χ4v) is 2.80. The first kappa shape index (κ1) is 19.0. The molecule has 1 aromatic carbocycles. The summed E-state index contributed by atoms with van der Waals surface area (Å²) in [7, 11) is 0. The SMILES string of the molecule is CCCCOC(COCCO)Cc1cc2c(cc1CCC)OCO2. The molecular weight excluding hydrogens is 308 g/mol. The molecule has 1 atom stereocenters. The van der Waals surface area contributed by atoms with Crippen LogP contribution < -0.4 is 9.47 Å². The highest BCUT2D eigenvalue weighted by molar-refractivity contribution is 5.49. The van der Waals surface area contributed by atoms with Gasteiger partial charge in [-0.25, -0.2) is 0 Å². The first-order chi connectivity index (χ1) is 11.8. The second-order valence-corrected chi connectivity index (χ2v) is 6.07. The van der Waals surface area contributed by atoms with Crippen LogP contribution in [0.25, 0.3) is 0 Å². The summed E-state index contributed by atoms with van der Waals surface area (Å²) in [5, 5.41) is 8.91. The van der Waals surface area contributed by atoms with Gasteiger partial charge in [-0.2, -0.15) is 0 Å².